The third-order valence-electron chi connectivity index (χ3n) is 3.35. The van der Waals surface area contributed by atoms with E-state index in [0.29, 0.717) is 0 Å². The lowest BCUT2D eigenvalue weighted by Gasteiger charge is -2.19. The Labute approximate surface area is 128 Å². The number of benzene rings is 1. The average molecular weight is 298 g/mol. The highest BCUT2D eigenvalue weighted by atomic mass is 32.1. The van der Waals surface area contributed by atoms with Crippen molar-refractivity contribution in [2.24, 2.45) is 0 Å². The van der Waals surface area contributed by atoms with Crippen molar-refractivity contribution >= 4 is 27.4 Å². The zero-order valence-electron chi connectivity index (χ0n) is 12.6. The van der Waals surface area contributed by atoms with Gasteiger partial charge in [-0.05, 0) is 12.1 Å². The molecule has 0 aliphatic carbocycles. The van der Waals surface area contributed by atoms with Crippen LogP contribution in [0, 0.1) is 0 Å². The van der Waals surface area contributed by atoms with Crippen LogP contribution in [0.2, 0.25) is 0 Å². The summed E-state index contributed by atoms with van der Waals surface area (Å²) in [6.45, 7) is 6.52. The number of fused-ring (bicyclic) bond motifs is 1. The van der Waals surface area contributed by atoms with Gasteiger partial charge in [0.25, 0.3) is 0 Å². The number of hydrogen-bond donors (Lipinski definition) is 1. The summed E-state index contributed by atoms with van der Waals surface area (Å²) in [6.07, 6.45) is 0. The number of para-hydroxylation sites is 1. The zero-order chi connectivity index (χ0) is 15.0. The summed E-state index contributed by atoms with van der Waals surface area (Å²) in [5.74, 6) is 0. The summed E-state index contributed by atoms with van der Waals surface area (Å²) >= 11 is 1.56. The summed E-state index contributed by atoms with van der Waals surface area (Å²) in [5.41, 5.74) is 3.16. The first kappa shape index (κ1) is 13.9. The molecule has 0 aliphatic rings. The number of anilines is 1. The normalized spacial score (nSPS) is 11.8. The van der Waals surface area contributed by atoms with Gasteiger partial charge in [-0.3, -0.25) is 4.98 Å². The van der Waals surface area contributed by atoms with Crippen molar-refractivity contribution in [3.05, 3.63) is 36.0 Å². The van der Waals surface area contributed by atoms with Gasteiger partial charge in [-0.15, -0.1) is 10.2 Å². The van der Waals surface area contributed by atoms with Gasteiger partial charge >= 0.3 is 0 Å². The molecule has 3 aromatic rings. The van der Waals surface area contributed by atoms with Crippen LogP contribution in [0.25, 0.3) is 21.5 Å². The molecule has 1 N–H and O–H groups in total. The molecule has 0 aliphatic heterocycles. The smallest absolute Gasteiger partial charge is 0.205 e. The van der Waals surface area contributed by atoms with E-state index in [1.165, 1.54) is 0 Å². The van der Waals surface area contributed by atoms with E-state index in [0.717, 1.165) is 32.3 Å². The Morgan fingerprint density at radius 2 is 1.86 bits per heavy atom. The monoisotopic (exact) mass is 298 g/mol. The molecule has 0 saturated carbocycles. The third-order valence-corrected chi connectivity index (χ3v) is 4.33. The van der Waals surface area contributed by atoms with Crippen LogP contribution in [0.1, 0.15) is 26.5 Å². The Morgan fingerprint density at radius 1 is 1.10 bits per heavy atom. The van der Waals surface area contributed by atoms with Crippen molar-refractivity contribution in [3.63, 3.8) is 0 Å². The molecule has 0 unspecified atom stereocenters. The lowest BCUT2D eigenvalue weighted by molar-refractivity contribution is 0.572. The molecule has 0 bridgehead atoms. The van der Waals surface area contributed by atoms with E-state index in [2.05, 4.69) is 48.4 Å². The summed E-state index contributed by atoms with van der Waals surface area (Å²) in [7, 11) is 1.86. The maximum atomic E-state index is 4.80. The van der Waals surface area contributed by atoms with Crippen LogP contribution >= 0.6 is 11.3 Å². The van der Waals surface area contributed by atoms with Crippen molar-refractivity contribution in [1.29, 1.82) is 0 Å². The van der Waals surface area contributed by atoms with Crippen molar-refractivity contribution < 1.29 is 0 Å². The molecule has 0 saturated heterocycles. The van der Waals surface area contributed by atoms with E-state index in [-0.39, 0.29) is 5.41 Å². The topological polar surface area (TPSA) is 50.7 Å². The van der Waals surface area contributed by atoms with Crippen LogP contribution in [0.5, 0.6) is 0 Å². The fraction of sp³-hybridized carbons (Fsp3) is 0.312. The maximum Gasteiger partial charge on any atom is 0.205 e. The van der Waals surface area contributed by atoms with Crippen molar-refractivity contribution in [2.45, 2.75) is 26.2 Å². The molecule has 5 heteroatoms. The van der Waals surface area contributed by atoms with Crippen LogP contribution in [-0.2, 0) is 5.41 Å². The standard InChI is InChI=1S/C16H18N4S/c1-16(2,3)13-9-11(14-19-20-15(17-4)21-14)10-7-5-6-8-12(10)18-13/h5-9H,1-4H3,(H,17,20). The lowest BCUT2D eigenvalue weighted by Crippen LogP contribution is -2.13. The quantitative estimate of drug-likeness (QED) is 0.774. The van der Waals surface area contributed by atoms with Gasteiger partial charge in [0, 0.05) is 29.1 Å². The van der Waals surface area contributed by atoms with Crippen molar-refractivity contribution in [2.75, 3.05) is 12.4 Å². The Kier molecular flexibility index (Phi) is 3.37. The number of aromatic nitrogens is 3. The first-order valence-electron chi connectivity index (χ1n) is 6.91. The van der Waals surface area contributed by atoms with Crippen LogP contribution in [-0.4, -0.2) is 22.2 Å². The number of hydrogen-bond acceptors (Lipinski definition) is 5. The molecular formula is C16H18N4S. The highest BCUT2D eigenvalue weighted by Crippen LogP contribution is 2.34. The maximum absolute atomic E-state index is 4.80. The van der Waals surface area contributed by atoms with Crippen molar-refractivity contribution in [1.82, 2.24) is 15.2 Å². The minimum atomic E-state index is -0.00466. The second-order valence-corrected chi connectivity index (χ2v) is 6.96. The number of nitrogens with one attached hydrogen (secondary N) is 1. The molecule has 2 aromatic heterocycles. The minimum Gasteiger partial charge on any atom is -0.363 e. The second-order valence-electron chi connectivity index (χ2n) is 5.98. The largest absolute Gasteiger partial charge is 0.363 e. The van der Waals surface area contributed by atoms with Crippen LogP contribution in [0.4, 0.5) is 5.13 Å². The fourth-order valence-corrected chi connectivity index (χ4v) is 2.90. The molecule has 0 amide bonds. The lowest BCUT2D eigenvalue weighted by atomic mass is 9.90. The Balaban J connectivity index is 2.28. The van der Waals surface area contributed by atoms with Gasteiger partial charge in [-0.25, -0.2) is 0 Å². The molecule has 108 valence electrons. The van der Waals surface area contributed by atoms with E-state index >= 15 is 0 Å². The van der Waals surface area contributed by atoms with E-state index in [1.54, 1.807) is 11.3 Å². The summed E-state index contributed by atoms with van der Waals surface area (Å²) in [6, 6.07) is 10.3. The molecule has 0 spiro atoms. The Hall–Kier alpha value is -2.01. The Morgan fingerprint density at radius 3 is 2.52 bits per heavy atom. The van der Waals surface area contributed by atoms with E-state index < -0.39 is 0 Å². The Bertz CT molecular complexity index is 786. The van der Waals surface area contributed by atoms with E-state index in [4.69, 9.17) is 4.98 Å². The van der Waals surface area contributed by atoms with Gasteiger partial charge < -0.3 is 5.32 Å². The number of rotatable bonds is 2. The summed E-state index contributed by atoms with van der Waals surface area (Å²) < 4.78 is 0. The predicted molar refractivity (Wildman–Crippen MR) is 88.9 cm³/mol. The molecule has 0 fully saturated rings. The highest BCUT2D eigenvalue weighted by Gasteiger charge is 2.19. The minimum absolute atomic E-state index is 0.00466. The molecule has 4 nitrogen and oxygen atoms in total. The highest BCUT2D eigenvalue weighted by molar-refractivity contribution is 7.18. The first-order chi connectivity index (χ1) is 9.99. The van der Waals surface area contributed by atoms with Gasteiger partial charge in [0.2, 0.25) is 5.13 Å². The molecular weight excluding hydrogens is 280 g/mol. The number of nitrogens with zero attached hydrogens (tertiary/aromatic N) is 3. The summed E-state index contributed by atoms with van der Waals surface area (Å²) in [4.78, 5) is 4.80. The van der Waals surface area contributed by atoms with E-state index in [1.807, 2.05) is 25.2 Å². The SMILES string of the molecule is CNc1nnc(-c2cc(C(C)(C)C)nc3ccccc23)s1. The summed E-state index contributed by atoms with van der Waals surface area (Å²) in [5, 5.41) is 14.4. The second kappa shape index (κ2) is 5.07. The zero-order valence-corrected chi connectivity index (χ0v) is 13.5. The molecule has 3 rings (SSSR count). The van der Waals surface area contributed by atoms with Crippen LogP contribution < -0.4 is 5.32 Å². The molecule has 0 radical (unpaired) electrons. The van der Waals surface area contributed by atoms with Gasteiger partial charge in [0.05, 0.1) is 5.52 Å². The van der Waals surface area contributed by atoms with Gasteiger partial charge in [0.1, 0.15) is 5.01 Å². The molecule has 1 aromatic carbocycles. The fourth-order valence-electron chi connectivity index (χ4n) is 2.17. The van der Waals surface area contributed by atoms with Gasteiger partial charge in [0.15, 0.2) is 0 Å². The average Bonchev–Trinajstić information content (AvgIpc) is 2.94. The van der Waals surface area contributed by atoms with Gasteiger partial charge in [-0.2, -0.15) is 0 Å². The van der Waals surface area contributed by atoms with Crippen LogP contribution in [0.15, 0.2) is 30.3 Å². The van der Waals surface area contributed by atoms with E-state index in [9.17, 15) is 0 Å². The molecule has 21 heavy (non-hydrogen) atoms. The number of pyridine rings is 1. The molecule has 0 atom stereocenters. The predicted octanol–water partition coefficient (Wildman–Crippen LogP) is 4.09. The molecule has 2 heterocycles. The first-order valence-corrected chi connectivity index (χ1v) is 7.72. The third kappa shape index (κ3) is 2.61. The van der Waals surface area contributed by atoms with Crippen LogP contribution in [0.3, 0.4) is 0 Å². The van der Waals surface area contributed by atoms with Crippen molar-refractivity contribution in [3.8, 4) is 10.6 Å². The van der Waals surface area contributed by atoms with Gasteiger partial charge in [-0.1, -0.05) is 50.3 Å².